The minimum atomic E-state index is -0.185. The molecule has 0 aliphatic carbocycles. The normalized spacial score (nSPS) is 10.1. The Hall–Kier alpha value is -4.00. The van der Waals surface area contributed by atoms with Crippen LogP contribution in [0.15, 0.2) is 78.9 Å². The van der Waals surface area contributed by atoms with Gasteiger partial charge in [-0.3, -0.25) is 9.59 Å². The molecule has 0 aliphatic rings. The van der Waals surface area contributed by atoms with Crippen molar-refractivity contribution in [1.29, 1.82) is 0 Å². The summed E-state index contributed by atoms with van der Waals surface area (Å²) in [5.74, 6) is 1.17. The number of hydrogen-bond acceptors (Lipinski definition) is 5. The van der Waals surface area contributed by atoms with Gasteiger partial charge >= 0.3 is 0 Å². The summed E-state index contributed by atoms with van der Waals surface area (Å²) in [5.41, 5.74) is 2.10. The lowest BCUT2D eigenvalue weighted by molar-refractivity contribution is -0.115. The summed E-state index contributed by atoms with van der Waals surface area (Å²) in [6.07, 6.45) is 0. The van der Waals surface area contributed by atoms with Gasteiger partial charge in [0.25, 0.3) is 0 Å². The summed E-state index contributed by atoms with van der Waals surface area (Å²) in [7, 11) is 0. The van der Waals surface area contributed by atoms with E-state index in [9.17, 15) is 9.59 Å². The van der Waals surface area contributed by atoms with Crippen LogP contribution in [0.4, 0.5) is 17.1 Å². The highest BCUT2D eigenvalue weighted by Gasteiger charge is 2.04. The van der Waals surface area contributed by atoms with Gasteiger partial charge in [0.2, 0.25) is 11.8 Å². The Labute approximate surface area is 181 Å². The molecule has 0 saturated carbocycles. The summed E-state index contributed by atoms with van der Waals surface area (Å²) in [6, 6.07) is 23.9. The SMILES string of the molecule is CC(=O)Nc1ccc(NC(=O)CNc2cccc(OCCOc3ccccc3)c2)cc1. The number of carbonyl (C=O) groups excluding carboxylic acids is 2. The number of carbonyl (C=O) groups is 2. The van der Waals surface area contributed by atoms with Gasteiger partial charge in [-0.15, -0.1) is 0 Å². The van der Waals surface area contributed by atoms with Crippen molar-refractivity contribution in [1.82, 2.24) is 0 Å². The standard InChI is InChI=1S/C24H25N3O4/c1-18(28)26-19-10-12-20(13-11-19)27-24(29)17-25-21-6-5-9-23(16-21)31-15-14-30-22-7-3-2-4-8-22/h2-13,16,25H,14-15,17H2,1H3,(H,26,28)(H,27,29). The van der Waals surface area contributed by atoms with Crippen molar-refractivity contribution < 1.29 is 19.1 Å². The summed E-state index contributed by atoms with van der Waals surface area (Å²) in [5, 5.41) is 8.56. The molecule has 7 heteroatoms. The van der Waals surface area contributed by atoms with Gasteiger partial charge in [0, 0.05) is 30.1 Å². The minimum Gasteiger partial charge on any atom is -0.490 e. The second kappa shape index (κ2) is 11.3. The fourth-order valence-electron chi connectivity index (χ4n) is 2.76. The minimum absolute atomic E-state index is 0.105. The summed E-state index contributed by atoms with van der Waals surface area (Å²) >= 11 is 0. The maximum Gasteiger partial charge on any atom is 0.243 e. The van der Waals surface area contributed by atoms with Crippen LogP contribution < -0.4 is 25.4 Å². The quantitative estimate of drug-likeness (QED) is 0.430. The Bertz CT molecular complexity index is 991. The first-order valence-electron chi connectivity index (χ1n) is 9.90. The highest BCUT2D eigenvalue weighted by molar-refractivity contribution is 5.94. The molecular formula is C24H25N3O4. The van der Waals surface area contributed by atoms with Crippen LogP contribution in [0, 0.1) is 0 Å². The molecule has 3 N–H and O–H groups in total. The molecule has 160 valence electrons. The molecule has 0 saturated heterocycles. The molecule has 3 aromatic rings. The van der Waals surface area contributed by atoms with Gasteiger partial charge in [-0.05, 0) is 48.5 Å². The molecule has 0 aliphatic heterocycles. The zero-order chi connectivity index (χ0) is 21.9. The number of anilines is 3. The number of benzene rings is 3. The van der Waals surface area contributed by atoms with Crippen molar-refractivity contribution in [2.45, 2.75) is 6.92 Å². The number of rotatable bonds is 10. The maximum absolute atomic E-state index is 12.2. The number of hydrogen-bond donors (Lipinski definition) is 3. The zero-order valence-corrected chi connectivity index (χ0v) is 17.3. The molecule has 0 spiro atoms. The van der Waals surface area contributed by atoms with Crippen LogP contribution in [-0.2, 0) is 9.59 Å². The van der Waals surface area contributed by atoms with E-state index in [2.05, 4.69) is 16.0 Å². The van der Waals surface area contributed by atoms with E-state index in [1.807, 2.05) is 54.6 Å². The number of amides is 2. The van der Waals surface area contributed by atoms with E-state index in [4.69, 9.17) is 9.47 Å². The van der Waals surface area contributed by atoms with Crippen LogP contribution in [0.25, 0.3) is 0 Å². The van der Waals surface area contributed by atoms with Crippen molar-refractivity contribution in [3.8, 4) is 11.5 Å². The van der Waals surface area contributed by atoms with E-state index < -0.39 is 0 Å². The molecule has 0 unspecified atom stereocenters. The molecule has 7 nitrogen and oxygen atoms in total. The van der Waals surface area contributed by atoms with Crippen LogP contribution in [0.2, 0.25) is 0 Å². The van der Waals surface area contributed by atoms with E-state index in [0.29, 0.717) is 30.3 Å². The maximum atomic E-state index is 12.2. The first-order chi connectivity index (χ1) is 15.1. The molecule has 0 heterocycles. The molecule has 3 rings (SSSR count). The van der Waals surface area contributed by atoms with Crippen molar-refractivity contribution in [2.75, 3.05) is 35.7 Å². The highest BCUT2D eigenvalue weighted by atomic mass is 16.5. The summed E-state index contributed by atoms with van der Waals surface area (Å²) < 4.78 is 11.3. The summed E-state index contributed by atoms with van der Waals surface area (Å²) in [6.45, 7) is 2.39. The lowest BCUT2D eigenvalue weighted by Gasteiger charge is -2.11. The van der Waals surface area contributed by atoms with Crippen molar-refractivity contribution in [3.05, 3.63) is 78.9 Å². The Kier molecular flexibility index (Phi) is 7.88. The molecule has 0 radical (unpaired) electrons. The number of para-hydroxylation sites is 1. The fourth-order valence-corrected chi connectivity index (χ4v) is 2.76. The molecule has 3 aromatic carbocycles. The van der Waals surface area contributed by atoms with Crippen LogP contribution in [0.5, 0.6) is 11.5 Å². The smallest absolute Gasteiger partial charge is 0.243 e. The average molecular weight is 419 g/mol. The average Bonchev–Trinajstić information content (AvgIpc) is 2.77. The predicted octanol–water partition coefficient (Wildman–Crippen LogP) is 4.15. The van der Waals surface area contributed by atoms with Crippen LogP contribution in [-0.4, -0.2) is 31.6 Å². The van der Waals surface area contributed by atoms with Gasteiger partial charge in [-0.25, -0.2) is 0 Å². The van der Waals surface area contributed by atoms with E-state index in [-0.39, 0.29) is 18.4 Å². The van der Waals surface area contributed by atoms with Gasteiger partial charge < -0.3 is 25.4 Å². The van der Waals surface area contributed by atoms with E-state index in [1.54, 1.807) is 24.3 Å². The lowest BCUT2D eigenvalue weighted by Crippen LogP contribution is -2.21. The Balaban J connectivity index is 1.40. The molecule has 0 aromatic heterocycles. The Morgan fingerprint density at radius 2 is 1.32 bits per heavy atom. The Morgan fingerprint density at radius 1 is 0.710 bits per heavy atom. The largest absolute Gasteiger partial charge is 0.490 e. The third-order valence-electron chi connectivity index (χ3n) is 4.14. The van der Waals surface area contributed by atoms with E-state index in [0.717, 1.165) is 11.4 Å². The molecule has 31 heavy (non-hydrogen) atoms. The van der Waals surface area contributed by atoms with Gasteiger partial charge in [0.15, 0.2) is 0 Å². The first kappa shape index (κ1) is 21.7. The monoisotopic (exact) mass is 419 g/mol. The highest BCUT2D eigenvalue weighted by Crippen LogP contribution is 2.18. The molecule has 0 bridgehead atoms. The number of nitrogens with one attached hydrogen (secondary N) is 3. The molecule has 0 fully saturated rings. The van der Waals surface area contributed by atoms with Crippen molar-refractivity contribution in [2.24, 2.45) is 0 Å². The molecule has 2 amide bonds. The van der Waals surface area contributed by atoms with Crippen molar-refractivity contribution in [3.63, 3.8) is 0 Å². The second-order valence-corrected chi connectivity index (χ2v) is 6.70. The number of ether oxygens (including phenoxy) is 2. The van der Waals surface area contributed by atoms with Gasteiger partial charge in [0.1, 0.15) is 24.7 Å². The molecular weight excluding hydrogens is 394 g/mol. The van der Waals surface area contributed by atoms with Crippen molar-refractivity contribution >= 4 is 28.9 Å². The van der Waals surface area contributed by atoms with Gasteiger partial charge in [-0.1, -0.05) is 24.3 Å². The van der Waals surface area contributed by atoms with Crippen LogP contribution in [0.3, 0.4) is 0 Å². The van der Waals surface area contributed by atoms with E-state index in [1.165, 1.54) is 6.92 Å². The predicted molar refractivity (Wildman–Crippen MR) is 122 cm³/mol. The van der Waals surface area contributed by atoms with E-state index >= 15 is 0 Å². The van der Waals surface area contributed by atoms with Crippen LogP contribution in [0.1, 0.15) is 6.92 Å². The molecule has 0 atom stereocenters. The fraction of sp³-hybridized carbons (Fsp3) is 0.167. The van der Waals surface area contributed by atoms with Gasteiger partial charge in [0.05, 0.1) is 6.54 Å². The van der Waals surface area contributed by atoms with Crippen LogP contribution >= 0.6 is 0 Å². The third-order valence-corrected chi connectivity index (χ3v) is 4.14. The zero-order valence-electron chi connectivity index (χ0n) is 17.3. The lowest BCUT2D eigenvalue weighted by atomic mass is 10.2. The van der Waals surface area contributed by atoms with Gasteiger partial charge in [-0.2, -0.15) is 0 Å². The summed E-state index contributed by atoms with van der Waals surface area (Å²) in [4.78, 5) is 23.2. The Morgan fingerprint density at radius 3 is 2.00 bits per heavy atom. The topological polar surface area (TPSA) is 88.7 Å². The second-order valence-electron chi connectivity index (χ2n) is 6.70. The third kappa shape index (κ3) is 7.74. The first-order valence-corrected chi connectivity index (χ1v) is 9.90.